The average molecular weight is 180 g/mol. The third-order valence-electron chi connectivity index (χ3n) is 2.50. The number of nitrogens with one attached hydrogen (secondary N) is 1. The lowest BCUT2D eigenvalue weighted by atomic mass is 10.1. The molecule has 3 heteroatoms. The summed E-state index contributed by atoms with van der Waals surface area (Å²) >= 11 is 0. The van der Waals surface area contributed by atoms with Crippen molar-refractivity contribution in [3.05, 3.63) is 29.6 Å². The van der Waals surface area contributed by atoms with Gasteiger partial charge in [-0.15, -0.1) is 0 Å². The van der Waals surface area contributed by atoms with Gasteiger partial charge >= 0.3 is 0 Å². The third kappa shape index (κ3) is 1.40. The zero-order chi connectivity index (χ0) is 9.42. The maximum absolute atomic E-state index is 13.2. The molecular formula is C10H13FN2. The maximum atomic E-state index is 13.2. The van der Waals surface area contributed by atoms with E-state index in [1.165, 1.54) is 6.07 Å². The van der Waals surface area contributed by atoms with Crippen LogP contribution in [0.25, 0.3) is 0 Å². The van der Waals surface area contributed by atoms with E-state index in [9.17, 15) is 4.39 Å². The molecule has 2 rings (SSSR count). The summed E-state index contributed by atoms with van der Waals surface area (Å²) in [5.41, 5.74) is 7.40. The molecule has 0 radical (unpaired) electrons. The van der Waals surface area contributed by atoms with Crippen molar-refractivity contribution in [3.8, 4) is 0 Å². The molecule has 0 spiro atoms. The molecule has 0 aromatic heterocycles. The summed E-state index contributed by atoms with van der Waals surface area (Å²) in [5.74, 6) is -0.180. The highest BCUT2D eigenvalue weighted by molar-refractivity contribution is 5.58. The topological polar surface area (TPSA) is 38.0 Å². The molecule has 1 aromatic rings. The van der Waals surface area contributed by atoms with Crippen molar-refractivity contribution in [3.63, 3.8) is 0 Å². The number of hydrogen-bond donors (Lipinski definition) is 2. The second-order valence-electron chi connectivity index (χ2n) is 3.59. The molecule has 1 heterocycles. The van der Waals surface area contributed by atoms with Gasteiger partial charge in [-0.1, -0.05) is 12.1 Å². The summed E-state index contributed by atoms with van der Waals surface area (Å²) < 4.78 is 13.2. The van der Waals surface area contributed by atoms with Crippen molar-refractivity contribution < 1.29 is 4.39 Å². The van der Waals surface area contributed by atoms with E-state index in [-0.39, 0.29) is 17.9 Å². The highest BCUT2D eigenvalue weighted by Gasteiger charge is 2.25. The van der Waals surface area contributed by atoms with Gasteiger partial charge in [0.2, 0.25) is 0 Å². The fraction of sp³-hybridized carbons (Fsp3) is 0.400. The Labute approximate surface area is 76.9 Å². The smallest absolute Gasteiger partial charge is 0.146 e. The van der Waals surface area contributed by atoms with Crippen LogP contribution in [0.15, 0.2) is 18.2 Å². The van der Waals surface area contributed by atoms with Crippen molar-refractivity contribution in [2.45, 2.75) is 25.4 Å². The molecule has 0 saturated heterocycles. The third-order valence-corrected chi connectivity index (χ3v) is 2.50. The molecule has 13 heavy (non-hydrogen) atoms. The number of nitrogens with two attached hydrogens (primary N) is 1. The summed E-state index contributed by atoms with van der Waals surface area (Å²) in [5, 5.41) is 3.10. The number of rotatable bonds is 1. The van der Waals surface area contributed by atoms with Crippen LogP contribution < -0.4 is 11.1 Å². The maximum Gasteiger partial charge on any atom is 0.146 e. The highest BCUT2D eigenvalue weighted by atomic mass is 19.1. The Kier molecular flexibility index (Phi) is 1.96. The molecule has 1 aromatic carbocycles. The van der Waals surface area contributed by atoms with Crippen LogP contribution in [0.2, 0.25) is 0 Å². The van der Waals surface area contributed by atoms with Crippen molar-refractivity contribution in [1.29, 1.82) is 0 Å². The number of benzene rings is 1. The fourth-order valence-electron chi connectivity index (χ4n) is 1.69. The summed E-state index contributed by atoms with van der Waals surface area (Å²) in [6, 6.07) is 5.36. The lowest BCUT2D eigenvalue weighted by Crippen LogP contribution is -2.36. The molecule has 0 fully saturated rings. The van der Waals surface area contributed by atoms with Crippen molar-refractivity contribution in [1.82, 2.24) is 0 Å². The van der Waals surface area contributed by atoms with Crippen molar-refractivity contribution >= 4 is 5.69 Å². The van der Waals surface area contributed by atoms with E-state index in [4.69, 9.17) is 5.73 Å². The number of para-hydroxylation sites is 1. The minimum Gasteiger partial charge on any atom is -0.378 e. The Bertz CT molecular complexity index is 323. The Hall–Kier alpha value is -1.09. The summed E-state index contributed by atoms with van der Waals surface area (Å²) in [6.45, 7) is 1.93. The SMILES string of the molecule is CC(N)C1Cc2cccc(F)c2N1. The molecule has 0 bridgehead atoms. The van der Waals surface area contributed by atoms with E-state index in [0.717, 1.165) is 12.0 Å². The van der Waals surface area contributed by atoms with Gasteiger partial charge in [-0.05, 0) is 25.0 Å². The average Bonchev–Trinajstić information content (AvgIpc) is 2.49. The second kappa shape index (κ2) is 3.00. The van der Waals surface area contributed by atoms with Crippen LogP contribution in [0, 0.1) is 5.82 Å². The van der Waals surface area contributed by atoms with E-state index in [1.807, 2.05) is 13.0 Å². The predicted molar refractivity (Wildman–Crippen MR) is 51.2 cm³/mol. The van der Waals surface area contributed by atoms with Gasteiger partial charge in [0, 0.05) is 12.1 Å². The lowest BCUT2D eigenvalue weighted by molar-refractivity contribution is 0.606. The zero-order valence-corrected chi connectivity index (χ0v) is 7.55. The molecule has 2 nitrogen and oxygen atoms in total. The zero-order valence-electron chi connectivity index (χ0n) is 7.55. The van der Waals surface area contributed by atoms with Gasteiger partial charge in [0.1, 0.15) is 5.82 Å². The number of halogens is 1. The van der Waals surface area contributed by atoms with E-state index in [2.05, 4.69) is 5.32 Å². The predicted octanol–water partition coefficient (Wildman–Crippen LogP) is 1.51. The first-order valence-corrected chi connectivity index (χ1v) is 4.48. The van der Waals surface area contributed by atoms with Gasteiger partial charge in [-0.2, -0.15) is 0 Å². The largest absolute Gasteiger partial charge is 0.378 e. The Morgan fingerprint density at radius 2 is 2.38 bits per heavy atom. The monoisotopic (exact) mass is 180 g/mol. The van der Waals surface area contributed by atoms with Gasteiger partial charge < -0.3 is 11.1 Å². The molecule has 3 N–H and O–H groups in total. The van der Waals surface area contributed by atoms with Crippen molar-refractivity contribution in [2.75, 3.05) is 5.32 Å². The first-order valence-electron chi connectivity index (χ1n) is 4.48. The molecule has 1 aliphatic heterocycles. The molecule has 0 saturated carbocycles. The normalized spacial score (nSPS) is 22.2. The first-order chi connectivity index (χ1) is 6.18. The quantitative estimate of drug-likeness (QED) is 0.687. The second-order valence-corrected chi connectivity index (χ2v) is 3.59. The van der Waals surface area contributed by atoms with Crippen LogP contribution in [0.5, 0.6) is 0 Å². The molecule has 1 aliphatic rings. The standard InChI is InChI=1S/C10H13FN2/c1-6(12)9-5-7-3-2-4-8(11)10(7)13-9/h2-4,6,9,13H,5,12H2,1H3. The molecular weight excluding hydrogens is 167 g/mol. The van der Waals surface area contributed by atoms with Crippen LogP contribution in [-0.4, -0.2) is 12.1 Å². The number of hydrogen-bond acceptors (Lipinski definition) is 2. The molecule has 2 atom stereocenters. The number of fused-ring (bicyclic) bond motifs is 1. The molecule has 70 valence electrons. The van der Waals surface area contributed by atoms with Gasteiger partial charge in [-0.25, -0.2) is 4.39 Å². The Balaban J connectivity index is 2.30. The summed E-state index contributed by atoms with van der Waals surface area (Å²) in [4.78, 5) is 0. The Morgan fingerprint density at radius 3 is 3.00 bits per heavy atom. The molecule has 2 unspecified atom stereocenters. The summed E-state index contributed by atoms with van der Waals surface area (Å²) in [7, 11) is 0. The minimum absolute atomic E-state index is 0.0480. The molecule has 0 amide bonds. The van der Waals surface area contributed by atoms with Gasteiger partial charge in [0.25, 0.3) is 0 Å². The van der Waals surface area contributed by atoms with Crippen molar-refractivity contribution in [2.24, 2.45) is 5.73 Å². The van der Waals surface area contributed by atoms with E-state index in [1.54, 1.807) is 6.07 Å². The van der Waals surface area contributed by atoms with E-state index in [0.29, 0.717) is 5.69 Å². The van der Waals surface area contributed by atoms with Crippen LogP contribution in [-0.2, 0) is 6.42 Å². The van der Waals surface area contributed by atoms with Gasteiger partial charge in [0.15, 0.2) is 0 Å². The van der Waals surface area contributed by atoms with Crippen LogP contribution in [0.3, 0.4) is 0 Å². The minimum atomic E-state index is -0.180. The van der Waals surface area contributed by atoms with Crippen LogP contribution >= 0.6 is 0 Å². The Morgan fingerprint density at radius 1 is 1.62 bits per heavy atom. The lowest BCUT2D eigenvalue weighted by Gasteiger charge is -2.14. The summed E-state index contributed by atoms with van der Waals surface area (Å²) in [6.07, 6.45) is 0.824. The highest BCUT2D eigenvalue weighted by Crippen LogP contribution is 2.28. The van der Waals surface area contributed by atoms with Crippen LogP contribution in [0.1, 0.15) is 12.5 Å². The van der Waals surface area contributed by atoms with E-state index >= 15 is 0 Å². The van der Waals surface area contributed by atoms with E-state index < -0.39 is 0 Å². The van der Waals surface area contributed by atoms with Crippen LogP contribution in [0.4, 0.5) is 10.1 Å². The van der Waals surface area contributed by atoms with Gasteiger partial charge in [0.05, 0.1) is 5.69 Å². The fourth-order valence-corrected chi connectivity index (χ4v) is 1.69. The number of anilines is 1. The molecule has 0 aliphatic carbocycles. The van der Waals surface area contributed by atoms with Gasteiger partial charge in [-0.3, -0.25) is 0 Å². The first kappa shape index (κ1) is 8.51.